The van der Waals surface area contributed by atoms with Gasteiger partial charge in [-0.3, -0.25) is 4.79 Å². The van der Waals surface area contributed by atoms with E-state index in [2.05, 4.69) is 0 Å². The van der Waals surface area contributed by atoms with Crippen LogP contribution in [-0.2, 0) is 21.8 Å². The van der Waals surface area contributed by atoms with Crippen molar-refractivity contribution in [2.75, 3.05) is 12.4 Å². The molecule has 0 bridgehead atoms. The normalized spacial score (nSPS) is 19.0. The fraction of sp³-hybridized carbons (Fsp3) is 0.538. The molecular formula is C13H17N3O4S. The van der Waals surface area contributed by atoms with E-state index in [1.165, 1.54) is 16.8 Å². The van der Waals surface area contributed by atoms with Gasteiger partial charge in [-0.15, -0.1) is 0 Å². The van der Waals surface area contributed by atoms with Crippen molar-refractivity contribution >= 4 is 15.9 Å². The van der Waals surface area contributed by atoms with Crippen molar-refractivity contribution in [3.63, 3.8) is 0 Å². The van der Waals surface area contributed by atoms with Crippen molar-refractivity contribution < 1.29 is 17.9 Å². The van der Waals surface area contributed by atoms with Crippen LogP contribution < -0.4 is 4.72 Å². The van der Waals surface area contributed by atoms with Crippen LogP contribution in [0.4, 0.5) is 0 Å². The number of rotatable bonds is 4. The molecule has 2 heterocycles. The van der Waals surface area contributed by atoms with Crippen LogP contribution in [0.25, 0.3) is 0 Å². The van der Waals surface area contributed by atoms with Gasteiger partial charge < -0.3 is 9.30 Å². The van der Waals surface area contributed by atoms with Gasteiger partial charge in [0.2, 0.25) is 10.0 Å². The Balaban J connectivity index is 2.03. The quantitative estimate of drug-likeness (QED) is 0.874. The number of nitrogens with zero attached hydrogens (tertiary/aromatic N) is 2. The summed E-state index contributed by atoms with van der Waals surface area (Å²) in [6.07, 6.45) is 3.64. The molecule has 0 radical (unpaired) electrons. The average molecular weight is 311 g/mol. The fourth-order valence-electron chi connectivity index (χ4n) is 2.27. The third-order valence-corrected chi connectivity index (χ3v) is 4.60. The predicted molar refractivity (Wildman–Crippen MR) is 75.0 cm³/mol. The van der Waals surface area contributed by atoms with E-state index in [1.807, 2.05) is 10.8 Å². The number of amides is 1. The molecule has 0 aliphatic carbocycles. The van der Waals surface area contributed by atoms with Crippen molar-refractivity contribution in [1.29, 1.82) is 5.26 Å². The van der Waals surface area contributed by atoms with Gasteiger partial charge in [-0.2, -0.15) is 5.26 Å². The molecule has 0 aromatic carbocycles. The van der Waals surface area contributed by atoms with Gasteiger partial charge in [-0.05, 0) is 25.3 Å². The van der Waals surface area contributed by atoms with Crippen LogP contribution in [0.3, 0.4) is 0 Å². The molecule has 0 unspecified atom stereocenters. The number of aromatic nitrogens is 1. The average Bonchev–Trinajstić information content (AvgIpc) is 2.80. The van der Waals surface area contributed by atoms with E-state index in [0.717, 1.165) is 12.8 Å². The summed E-state index contributed by atoms with van der Waals surface area (Å²) >= 11 is 0. The van der Waals surface area contributed by atoms with Crippen LogP contribution in [0.15, 0.2) is 12.3 Å². The molecule has 7 nitrogen and oxygen atoms in total. The maximum absolute atomic E-state index is 12.0. The minimum Gasteiger partial charge on any atom is -0.377 e. The van der Waals surface area contributed by atoms with Crippen molar-refractivity contribution in [3.05, 3.63) is 23.5 Å². The van der Waals surface area contributed by atoms with Crippen molar-refractivity contribution in [2.45, 2.75) is 25.4 Å². The first kappa shape index (κ1) is 15.5. The number of nitriles is 1. The summed E-state index contributed by atoms with van der Waals surface area (Å²) in [6, 6.07) is 3.25. The lowest BCUT2D eigenvalue weighted by atomic mass is 10.1. The third kappa shape index (κ3) is 4.06. The number of sulfonamides is 1. The lowest BCUT2D eigenvalue weighted by Gasteiger charge is -2.22. The fourth-order valence-corrected chi connectivity index (χ4v) is 3.49. The maximum atomic E-state index is 12.0. The van der Waals surface area contributed by atoms with E-state index < -0.39 is 15.9 Å². The highest BCUT2D eigenvalue weighted by molar-refractivity contribution is 7.90. The Kier molecular flexibility index (Phi) is 4.65. The van der Waals surface area contributed by atoms with Crippen molar-refractivity contribution in [1.82, 2.24) is 9.29 Å². The number of aryl methyl sites for hydroxylation is 1. The van der Waals surface area contributed by atoms with Gasteiger partial charge in [-0.1, -0.05) is 0 Å². The summed E-state index contributed by atoms with van der Waals surface area (Å²) in [6.45, 7) is 0.553. The molecule has 0 spiro atoms. The predicted octanol–water partition coefficient (Wildman–Crippen LogP) is 0.525. The Morgan fingerprint density at radius 3 is 2.90 bits per heavy atom. The lowest BCUT2D eigenvalue weighted by Crippen LogP contribution is -2.38. The van der Waals surface area contributed by atoms with E-state index in [-0.39, 0.29) is 17.6 Å². The van der Waals surface area contributed by atoms with E-state index in [1.54, 1.807) is 7.05 Å². The number of nitrogens with one attached hydrogen (secondary N) is 1. The summed E-state index contributed by atoms with van der Waals surface area (Å²) in [5.41, 5.74) is 0.426. The van der Waals surface area contributed by atoms with Crippen LogP contribution in [-0.4, -0.2) is 37.4 Å². The molecule has 1 amide bonds. The number of hydrogen-bond donors (Lipinski definition) is 1. The SMILES string of the molecule is Cn1cc(C#N)cc1C(=O)NS(=O)(=O)C[C@@H]1CCCCO1. The highest BCUT2D eigenvalue weighted by Gasteiger charge is 2.25. The molecule has 1 aliphatic heterocycles. The standard InChI is InChI=1S/C13H17N3O4S/c1-16-8-10(7-14)6-12(16)13(17)15-21(18,19)9-11-4-2-3-5-20-11/h6,8,11H,2-5,9H2,1H3,(H,15,17)/t11-/m0/s1. The Hall–Kier alpha value is -1.85. The molecule has 114 valence electrons. The van der Waals surface area contributed by atoms with Gasteiger partial charge in [-0.25, -0.2) is 13.1 Å². The Morgan fingerprint density at radius 1 is 1.57 bits per heavy atom. The maximum Gasteiger partial charge on any atom is 0.281 e. The first-order valence-corrected chi connectivity index (χ1v) is 8.29. The second kappa shape index (κ2) is 6.28. The Bertz CT molecular complexity index is 666. The molecule has 8 heteroatoms. The number of carbonyl (C=O) groups is 1. The topological polar surface area (TPSA) is 101 Å². The minimum absolute atomic E-state index is 0.125. The van der Waals surface area contributed by atoms with Crippen molar-refractivity contribution in [2.24, 2.45) is 7.05 Å². The Morgan fingerprint density at radius 2 is 2.33 bits per heavy atom. The third-order valence-electron chi connectivity index (χ3n) is 3.29. The highest BCUT2D eigenvalue weighted by atomic mass is 32.2. The second-order valence-electron chi connectivity index (χ2n) is 5.04. The molecule has 2 rings (SSSR count). The molecule has 0 saturated carbocycles. The molecule has 1 aromatic heterocycles. The number of carbonyl (C=O) groups excluding carboxylic acids is 1. The summed E-state index contributed by atoms with van der Waals surface area (Å²) in [5.74, 6) is -0.969. The monoisotopic (exact) mass is 311 g/mol. The highest BCUT2D eigenvalue weighted by Crippen LogP contribution is 2.14. The smallest absolute Gasteiger partial charge is 0.281 e. The zero-order chi connectivity index (χ0) is 15.5. The van der Waals surface area contributed by atoms with Crippen LogP contribution >= 0.6 is 0 Å². The summed E-state index contributed by atoms with van der Waals surface area (Å²) in [5, 5.41) is 8.78. The summed E-state index contributed by atoms with van der Waals surface area (Å²) in [4.78, 5) is 12.0. The van der Waals surface area contributed by atoms with E-state index in [0.29, 0.717) is 18.6 Å². The Labute approximate surface area is 123 Å². The summed E-state index contributed by atoms with van der Waals surface area (Å²) in [7, 11) is -2.19. The molecule has 1 aliphatic rings. The first-order chi connectivity index (χ1) is 9.91. The van der Waals surface area contributed by atoms with Crippen LogP contribution in [0.2, 0.25) is 0 Å². The van der Waals surface area contributed by atoms with E-state index >= 15 is 0 Å². The van der Waals surface area contributed by atoms with Crippen LogP contribution in [0, 0.1) is 11.3 Å². The first-order valence-electron chi connectivity index (χ1n) is 6.64. The van der Waals surface area contributed by atoms with Gasteiger partial charge in [0.1, 0.15) is 11.8 Å². The lowest BCUT2D eigenvalue weighted by molar-refractivity contribution is 0.0304. The molecule has 21 heavy (non-hydrogen) atoms. The van der Waals surface area contributed by atoms with E-state index in [4.69, 9.17) is 10.00 Å². The molecule has 1 N–H and O–H groups in total. The van der Waals surface area contributed by atoms with Gasteiger partial charge in [0.15, 0.2) is 0 Å². The molecule has 1 fully saturated rings. The number of hydrogen-bond acceptors (Lipinski definition) is 5. The molecular weight excluding hydrogens is 294 g/mol. The second-order valence-corrected chi connectivity index (χ2v) is 6.80. The molecule has 1 saturated heterocycles. The zero-order valence-electron chi connectivity index (χ0n) is 11.7. The van der Waals surface area contributed by atoms with Gasteiger partial charge in [0.25, 0.3) is 5.91 Å². The van der Waals surface area contributed by atoms with E-state index in [9.17, 15) is 13.2 Å². The van der Waals surface area contributed by atoms with Gasteiger partial charge >= 0.3 is 0 Å². The number of ether oxygens (including phenoxy) is 1. The van der Waals surface area contributed by atoms with Gasteiger partial charge in [0, 0.05) is 19.9 Å². The van der Waals surface area contributed by atoms with Crippen molar-refractivity contribution in [3.8, 4) is 6.07 Å². The van der Waals surface area contributed by atoms with Crippen LogP contribution in [0.1, 0.15) is 35.3 Å². The largest absolute Gasteiger partial charge is 0.377 e. The molecule has 1 atom stereocenters. The van der Waals surface area contributed by atoms with Gasteiger partial charge in [0.05, 0.1) is 17.4 Å². The molecule has 1 aromatic rings. The minimum atomic E-state index is -3.76. The van der Waals surface area contributed by atoms with Crippen LogP contribution in [0.5, 0.6) is 0 Å². The zero-order valence-corrected chi connectivity index (χ0v) is 12.5. The summed E-state index contributed by atoms with van der Waals surface area (Å²) < 4.78 is 32.8.